The number of carbonyl (C=O) groups is 1. The number of hydrogen-bond donors (Lipinski definition) is 0. The number of benzene rings is 1. The molecule has 1 amide bonds. The minimum absolute atomic E-state index is 0.293. The van der Waals surface area contributed by atoms with Gasteiger partial charge in [-0.25, -0.2) is 0 Å². The van der Waals surface area contributed by atoms with Gasteiger partial charge in [0.05, 0.1) is 0 Å². The summed E-state index contributed by atoms with van der Waals surface area (Å²) in [6.45, 7) is 1.66. The Labute approximate surface area is 128 Å². The van der Waals surface area contributed by atoms with E-state index in [1.807, 2.05) is 30.3 Å². The topological polar surface area (TPSA) is 23.6 Å². The predicted octanol–water partition coefficient (Wildman–Crippen LogP) is 2.79. The number of carbonyl (C=O) groups excluding carboxylic acids is 1. The molecule has 3 nitrogen and oxygen atoms in total. The summed E-state index contributed by atoms with van der Waals surface area (Å²) in [6, 6.07) is 7.22. The molecule has 1 heterocycles. The standard InChI is InChI=1S/C16H19F3N2O/c1-12-10-21(11-14(20(12)2)16(17,18)19)15(22)9-8-13-6-4-3-5-7-13/h3-9,12,14H,10-11H2,1-2H3/b9-8+. The van der Waals surface area contributed by atoms with Gasteiger partial charge in [-0.15, -0.1) is 0 Å². The number of nitrogens with zero attached hydrogens (tertiary/aromatic N) is 2. The van der Waals surface area contributed by atoms with Crippen LogP contribution in [0.3, 0.4) is 0 Å². The van der Waals surface area contributed by atoms with Crippen molar-refractivity contribution in [1.29, 1.82) is 0 Å². The van der Waals surface area contributed by atoms with Gasteiger partial charge in [-0.3, -0.25) is 9.69 Å². The van der Waals surface area contributed by atoms with E-state index in [-0.39, 0.29) is 12.6 Å². The van der Waals surface area contributed by atoms with Crippen LogP contribution in [0.2, 0.25) is 0 Å². The maximum absolute atomic E-state index is 13.1. The molecular formula is C16H19F3N2O. The minimum Gasteiger partial charge on any atom is -0.336 e. The van der Waals surface area contributed by atoms with Crippen molar-refractivity contribution in [2.75, 3.05) is 20.1 Å². The third kappa shape index (κ3) is 3.88. The molecule has 1 aromatic carbocycles. The van der Waals surface area contributed by atoms with Gasteiger partial charge in [0.25, 0.3) is 0 Å². The highest BCUT2D eigenvalue weighted by Gasteiger charge is 2.47. The van der Waals surface area contributed by atoms with Gasteiger partial charge >= 0.3 is 6.18 Å². The Morgan fingerprint density at radius 2 is 1.86 bits per heavy atom. The fourth-order valence-corrected chi connectivity index (χ4v) is 2.52. The van der Waals surface area contributed by atoms with Crippen LogP contribution in [0.25, 0.3) is 6.08 Å². The van der Waals surface area contributed by atoms with Gasteiger partial charge in [-0.1, -0.05) is 30.3 Å². The molecule has 1 aromatic rings. The Bertz CT molecular complexity index is 542. The molecule has 0 radical (unpaired) electrons. The molecule has 2 atom stereocenters. The van der Waals surface area contributed by atoms with E-state index in [9.17, 15) is 18.0 Å². The summed E-state index contributed by atoms with van der Waals surface area (Å²) in [5.41, 5.74) is 0.838. The van der Waals surface area contributed by atoms with Crippen LogP contribution in [0, 0.1) is 0 Å². The lowest BCUT2D eigenvalue weighted by Crippen LogP contribution is -2.62. The van der Waals surface area contributed by atoms with E-state index < -0.39 is 18.1 Å². The zero-order chi connectivity index (χ0) is 16.3. The average Bonchev–Trinajstić information content (AvgIpc) is 2.47. The summed E-state index contributed by atoms with van der Waals surface area (Å²) in [7, 11) is 1.45. The minimum atomic E-state index is -4.34. The van der Waals surface area contributed by atoms with Crippen molar-refractivity contribution in [2.45, 2.75) is 25.2 Å². The molecule has 1 aliphatic rings. The Morgan fingerprint density at radius 3 is 2.45 bits per heavy atom. The van der Waals surface area contributed by atoms with E-state index in [2.05, 4.69) is 0 Å². The molecule has 0 spiro atoms. The molecular weight excluding hydrogens is 293 g/mol. The highest BCUT2D eigenvalue weighted by Crippen LogP contribution is 2.29. The third-order valence-corrected chi connectivity index (χ3v) is 3.97. The molecule has 0 saturated carbocycles. The highest BCUT2D eigenvalue weighted by molar-refractivity contribution is 5.91. The molecule has 0 bridgehead atoms. The molecule has 120 valence electrons. The van der Waals surface area contributed by atoms with Gasteiger partial charge in [-0.2, -0.15) is 13.2 Å². The molecule has 0 N–H and O–H groups in total. The van der Waals surface area contributed by atoms with Gasteiger partial charge in [-0.05, 0) is 25.6 Å². The lowest BCUT2D eigenvalue weighted by atomic mass is 10.1. The number of rotatable bonds is 2. The Morgan fingerprint density at radius 1 is 1.23 bits per heavy atom. The van der Waals surface area contributed by atoms with Gasteiger partial charge in [0, 0.05) is 25.2 Å². The van der Waals surface area contributed by atoms with Crippen LogP contribution in [0.5, 0.6) is 0 Å². The zero-order valence-corrected chi connectivity index (χ0v) is 12.5. The average molecular weight is 312 g/mol. The van der Waals surface area contributed by atoms with Gasteiger partial charge in [0.15, 0.2) is 0 Å². The van der Waals surface area contributed by atoms with Gasteiger partial charge in [0.2, 0.25) is 5.91 Å². The summed E-state index contributed by atoms with van der Waals surface area (Å²) in [5, 5.41) is 0. The summed E-state index contributed by atoms with van der Waals surface area (Å²) in [5.74, 6) is -0.391. The van der Waals surface area contributed by atoms with Crippen LogP contribution in [-0.2, 0) is 4.79 Å². The smallest absolute Gasteiger partial charge is 0.336 e. The lowest BCUT2D eigenvalue weighted by molar-refractivity contribution is -0.200. The van der Waals surface area contributed by atoms with E-state index in [1.54, 1.807) is 13.0 Å². The van der Waals surface area contributed by atoms with Crippen LogP contribution >= 0.6 is 0 Å². The zero-order valence-electron chi connectivity index (χ0n) is 12.5. The summed E-state index contributed by atoms with van der Waals surface area (Å²) in [4.78, 5) is 14.7. The molecule has 1 fully saturated rings. The molecule has 2 unspecified atom stereocenters. The van der Waals surface area contributed by atoms with E-state index in [0.717, 1.165) is 5.56 Å². The van der Waals surface area contributed by atoms with Crippen LogP contribution in [0.1, 0.15) is 12.5 Å². The van der Waals surface area contributed by atoms with E-state index >= 15 is 0 Å². The van der Waals surface area contributed by atoms with Crippen LogP contribution < -0.4 is 0 Å². The van der Waals surface area contributed by atoms with Crippen molar-refractivity contribution in [3.8, 4) is 0 Å². The van der Waals surface area contributed by atoms with E-state index in [4.69, 9.17) is 0 Å². The Kier molecular flexibility index (Phi) is 4.90. The number of alkyl halides is 3. The van der Waals surface area contributed by atoms with Crippen LogP contribution in [-0.4, -0.2) is 54.1 Å². The van der Waals surface area contributed by atoms with E-state index in [1.165, 1.54) is 22.9 Å². The summed E-state index contributed by atoms with van der Waals surface area (Å²) >= 11 is 0. The fraction of sp³-hybridized carbons (Fsp3) is 0.438. The molecule has 22 heavy (non-hydrogen) atoms. The van der Waals surface area contributed by atoms with E-state index in [0.29, 0.717) is 6.54 Å². The van der Waals surface area contributed by atoms with Crippen molar-refractivity contribution in [3.05, 3.63) is 42.0 Å². The Balaban J connectivity index is 2.08. The highest BCUT2D eigenvalue weighted by atomic mass is 19.4. The quantitative estimate of drug-likeness (QED) is 0.784. The first-order valence-electron chi connectivity index (χ1n) is 7.09. The number of halogens is 3. The number of piperazine rings is 1. The maximum atomic E-state index is 13.1. The molecule has 1 saturated heterocycles. The van der Waals surface area contributed by atoms with Gasteiger partial charge < -0.3 is 4.90 Å². The number of likely N-dealkylation sites (N-methyl/N-ethyl adjacent to an activating group) is 1. The third-order valence-electron chi connectivity index (χ3n) is 3.97. The van der Waals surface area contributed by atoms with Crippen molar-refractivity contribution >= 4 is 12.0 Å². The monoisotopic (exact) mass is 312 g/mol. The van der Waals surface area contributed by atoms with Crippen LogP contribution in [0.4, 0.5) is 13.2 Å². The number of hydrogen-bond acceptors (Lipinski definition) is 2. The Hall–Kier alpha value is -1.82. The second-order valence-electron chi connectivity index (χ2n) is 5.56. The maximum Gasteiger partial charge on any atom is 0.405 e. The molecule has 0 aromatic heterocycles. The van der Waals surface area contributed by atoms with Crippen LogP contribution in [0.15, 0.2) is 36.4 Å². The first-order chi connectivity index (χ1) is 10.3. The van der Waals surface area contributed by atoms with Gasteiger partial charge in [0.1, 0.15) is 6.04 Å². The van der Waals surface area contributed by atoms with Crippen molar-refractivity contribution in [3.63, 3.8) is 0 Å². The second-order valence-corrected chi connectivity index (χ2v) is 5.56. The largest absolute Gasteiger partial charge is 0.405 e. The van der Waals surface area contributed by atoms with Crippen molar-refractivity contribution in [2.24, 2.45) is 0 Å². The first-order valence-corrected chi connectivity index (χ1v) is 7.09. The molecule has 2 rings (SSSR count). The lowest BCUT2D eigenvalue weighted by Gasteiger charge is -2.43. The summed E-state index contributed by atoms with van der Waals surface area (Å²) < 4.78 is 39.2. The SMILES string of the molecule is CC1CN(C(=O)/C=C/c2ccccc2)CC(C(F)(F)F)N1C. The normalized spacial score (nSPS) is 24.0. The number of amides is 1. The molecule has 1 aliphatic heterocycles. The fourth-order valence-electron chi connectivity index (χ4n) is 2.52. The molecule has 0 aliphatic carbocycles. The predicted molar refractivity (Wildman–Crippen MR) is 79.1 cm³/mol. The summed E-state index contributed by atoms with van der Waals surface area (Å²) in [6.07, 6.45) is -1.39. The molecule has 6 heteroatoms. The first kappa shape index (κ1) is 16.5. The van der Waals surface area contributed by atoms with Crippen molar-refractivity contribution < 1.29 is 18.0 Å². The second kappa shape index (κ2) is 6.52. The van der Waals surface area contributed by atoms with Crippen molar-refractivity contribution in [1.82, 2.24) is 9.80 Å².